The Bertz CT molecular complexity index is 1120. The van der Waals surface area contributed by atoms with Gasteiger partial charge in [-0.05, 0) is 78.3 Å². The Morgan fingerprint density at radius 2 is 1.41 bits per heavy atom. The lowest BCUT2D eigenvalue weighted by atomic mass is 9.78. The van der Waals surface area contributed by atoms with E-state index in [9.17, 15) is 4.39 Å². The Labute approximate surface area is 206 Å². The van der Waals surface area contributed by atoms with Gasteiger partial charge in [0, 0.05) is 16.5 Å². The summed E-state index contributed by atoms with van der Waals surface area (Å²) in [5.41, 5.74) is 4.19. The summed E-state index contributed by atoms with van der Waals surface area (Å²) in [4.78, 5) is 0. The highest BCUT2D eigenvalue weighted by Gasteiger charge is 2.20. The van der Waals surface area contributed by atoms with Gasteiger partial charge < -0.3 is 0 Å². The van der Waals surface area contributed by atoms with Crippen LogP contribution in [0, 0.1) is 29.5 Å². The lowest BCUT2D eigenvalue weighted by Crippen LogP contribution is -2.15. The number of halogens is 1. The molecule has 1 saturated carbocycles. The molecule has 4 rings (SSSR count). The largest absolute Gasteiger partial charge is 0.206 e. The molecule has 0 aliphatic heterocycles. The molecule has 34 heavy (non-hydrogen) atoms. The molecule has 0 heterocycles. The number of benzene rings is 3. The van der Waals surface area contributed by atoms with Crippen LogP contribution in [0.3, 0.4) is 0 Å². The third-order valence-electron chi connectivity index (χ3n) is 7.64. The van der Waals surface area contributed by atoms with Crippen molar-refractivity contribution in [3.63, 3.8) is 0 Å². The van der Waals surface area contributed by atoms with Gasteiger partial charge in [0.25, 0.3) is 0 Å². The average molecular weight is 455 g/mol. The van der Waals surface area contributed by atoms with E-state index >= 15 is 0 Å². The van der Waals surface area contributed by atoms with E-state index in [0.717, 1.165) is 53.2 Å². The quantitative estimate of drug-likeness (QED) is 0.297. The Kier molecular flexibility index (Phi) is 8.81. The summed E-state index contributed by atoms with van der Waals surface area (Å²) >= 11 is 0. The van der Waals surface area contributed by atoms with Crippen LogP contribution in [0.15, 0.2) is 54.6 Å². The first kappa shape index (κ1) is 24.5. The van der Waals surface area contributed by atoms with Crippen molar-refractivity contribution in [2.24, 2.45) is 11.8 Å². The first-order chi connectivity index (χ1) is 16.7. The van der Waals surface area contributed by atoms with E-state index in [-0.39, 0.29) is 5.82 Å². The van der Waals surface area contributed by atoms with E-state index in [4.69, 9.17) is 0 Å². The van der Waals surface area contributed by atoms with Gasteiger partial charge in [-0.25, -0.2) is 4.39 Å². The van der Waals surface area contributed by atoms with Crippen LogP contribution in [0.1, 0.15) is 93.9 Å². The summed E-state index contributed by atoms with van der Waals surface area (Å²) in [6.45, 7) is 4.45. The minimum atomic E-state index is -0.0740. The highest BCUT2D eigenvalue weighted by atomic mass is 19.1. The van der Waals surface area contributed by atoms with Crippen LogP contribution in [0.5, 0.6) is 0 Å². The molecule has 1 aliphatic rings. The third-order valence-corrected chi connectivity index (χ3v) is 7.64. The topological polar surface area (TPSA) is 0 Å². The summed E-state index contributed by atoms with van der Waals surface area (Å²) in [7, 11) is 0. The van der Waals surface area contributed by atoms with E-state index in [1.54, 1.807) is 0 Å². The van der Waals surface area contributed by atoms with Crippen molar-refractivity contribution in [3.05, 3.63) is 82.7 Å². The summed E-state index contributed by atoms with van der Waals surface area (Å²) in [5, 5.41) is 1.62. The zero-order valence-corrected chi connectivity index (χ0v) is 21.0. The minimum Gasteiger partial charge on any atom is -0.206 e. The SMILES string of the molecule is CCCCc1ccc2cc(C#Cc3ccc(CCC4CCC(CCC)CC4)cc3)ccc2c1F. The monoisotopic (exact) mass is 454 g/mol. The molecule has 1 heteroatoms. The highest BCUT2D eigenvalue weighted by molar-refractivity contribution is 5.85. The summed E-state index contributed by atoms with van der Waals surface area (Å²) in [6, 6.07) is 18.5. The van der Waals surface area contributed by atoms with Crippen LogP contribution in [-0.4, -0.2) is 0 Å². The molecular formula is C33H39F. The molecule has 0 spiro atoms. The van der Waals surface area contributed by atoms with Gasteiger partial charge in [0.1, 0.15) is 5.82 Å². The molecule has 0 unspecified atom stereocenters. The molecule has 1 aliphatic carbocycles. The van der Waals surface area contributed by atoms with E-state index in [1.807, 2.05) is 30.3 Å². The Morgan fingerprint density at radius 3 is 2.12 bits per heavy atom. The molecule has 1 fully saturated rings. The maximum atomic E-state index is 14.8. The number of hydrogen-bond donors (Lipinski definition) is 0. The molecule has 3 aromatic rings. The summed E-state index contributed by atoms with van der Waals surface area (Å²) < 4.78 is 14.8. The normalized spacial score (nSPS) is 18.0. The standard InChI is InChI=1S/C33H39F/c1-3-5-7-30-21-22-31-24-29(20-23-32(31)33(30)34)19-18-28-16-14-27(15-17-28)13-12-26-10-8-25(6-4-2)9-11-26/h14-17,20-26H,3-13H2,1-2H3. The lowest BCUT2D eigenvalue weighted by molar-refractivity contribution is 0.252. The zero-order valence-electron chi connectivity index (χ0n) is 21.0. The van der Waals surface area contributed by atoms with E-state index < -0.39 is 0 Å². The molecule has 3 aromatic carbocycles. The smallest absolute Gasteiger partial charge is 0.134 e. The molecule has 0 aromatic heterocycles. The van der Waals surface area contributed by atoms with Gasteiger partial charge in [0.05, 0.1) is 0 Å². The first-order valence-corrected chi connectivity index (χ1v) is 13.5. The number of unbranched alkanes of at least 4 members (excludes halogenated alkanes) is 1. The second-order valence-corrected chi connectivity index (χ2v) is 10.2. The third kappa shape index (κ3) is 6.50. The number of aryl methyl sites for hydroxylation is 2. The fourth-order valence-corrected chi connectivity index (χ4v) is 5.46. The van der Waals surface area contributed by atoms with Crippen LogP contribution < -0.4 is 0 Å². The fourth-order valence-electron chi connectivity index (χ4n) is 5.46. The van der Waals surface area contributed by atoms with Gasteiger partial charge in [0.2, 0.25) is 0 Å². The fraction of sp³-hybridized carbons (Fsp3) is 0.455. The number of rotatable bonds is 8. The second-order valence-electron chi connectivity index (χ2n) is 10.2. The molecule has 0 bridgehead atoms. The van der Waals surface area contributed by atoms with Crippen molar-refractivity contribution >= 4 is 10.8 Å². The van der Waals surface area contributed by atoms with Crippen LogP contribution in [0.4, 0.5) is 4.39 Å². The maximum absolute atomic E-state index is 14.8. The van der Waals surface area contributed by atoms with Crippen LogP contribution in [0.2, 0.25) is 0 Å². The lowest BCUT2D eigenvalue weighted by Gasteiger charge is -2.28. The van der Waals surface area contributed by atoms with Gasteiger partial charge in [-0.2, -0.15) is 0 Å². The average Bonchev–Trinajstić information content (AvgIpc) is 2.87. The van der Waals surface area contributed by atoms with Crippen molar-refractivity contribution in [1.82, 2.24) is 0 Å². The van der Waals surface area contributed by atoms with E-state index in [0.29, 0.717) is 5.39 Å². The van der Waals surface area contributed by atoms with Crippen molar-refractivity contribution < 1.29 is 4.39 Å². The molecule has 0 radical (unpaired) electrons. The highest BCUT2D eigenvalue weighted by Crippen LogP contribution is 2.33. The van der Waals surface area contributed by atoms with Gasteiger partial charge in [-0.3, -0.25) is 0 Å². The molecular weight excluding hydrogens is 415 g/mol. The van der Waals surface area contributed by atoms with Gasteiger partial charge in [-0.15, -0.1) is 0 Å². The van der Waals surface area contributed by atoms with Crippen molar-refractivity contribution in [2.75, 3.05) is 0 Å². The predicted molar refractivity (Wildman–Crippen MR) is 144 cm³/mol. The molecule has 0 atom stereocenters. The van der Waals surface area contributed by atoms with E-state index in [1.165, 1.54) is 56.9 Å². The van der Waals surface area contributed by atoms with Crippen LogP contribution in [-0.2, 0) is 12.8 Å². The number of hydrogen-bond acceptors (Lipinski definition) is 0. The van der Waals surface area contributed by atoms with Gasteiger partial charge >= 0.3 is 0 Å². The first-order valence-electron chi connectivity index (χ1n) is 13.5. The molecule has 0 N–H and O–H groups in total. The minimum absolute atomic E-state index is 0.0740. The summed E-state index contributed by atoms with van der Waals surface area (Å²) in [6.07, 6.45) is 13.9. The molecule has 0 nitrogen and oxygen atoms in total. The Morgan fingerprint density at radius 1 is 0.735 bits per heavy atom. The van der Waals surface area contributed by atoms with Gasteiger partial charge in [0.15, 0.2) is 0 Å². The van der Waals surface area contributed by atoms with Crippen molar-refractivity contribution in [1.29, 1.82) is 0 Å². The number of fused-ring (bicyclic) bond motifs is 1. The zero-order chi connectivity index (χ0) is 23.8. The summed E-state index contributed by atoms with van der Waals surface area (Å²) in [5.74, 6) is 8.38. The van der Waals surface area contributed by atoms with Crippen molar-refractivity contribution in [3.8, 4) is 11.8 Å². The van der Waals surface area contributed by atoms with Gasteiger partial charge in [-0.1, -0.05) is 101 Å². The Hall–Kier alpha value is -2.59. The van der Waals surface area contributed by atoms with Crippen LogP contribution in [0.25, 0.3) is 10.8 Å². The second kappa shape index (κ2) is 12.2. The molecule has 0 saturated heterocycles. The van der Waals surface area contributed by atoms with E-state index in [2.05, 4.69) is 50.0 Å². The maximum Gasteiger partial charge on any atom is 0.134 e. The molecule has 178 valence electrons. The molecule has 0 amide bonds. The Balaban J connectivity index is 1.34. The predicted octanol–water partition coefficient (Wildman–Crippen LogP) is 9.26. The van der Waals surface area contributed by atoms with Crippen LogP contribution >= 0.6 is 0 Å². The van der Waals surface area contributed by atoms with Crippen molar-refractivity contribution in [2.45, 2.75) is 84.5 Å².